The molecule has 6 nitrogen and oxygen atoms in total. The summed E-state index contributed by atoms with van der Waals surface area (Å²) in [6.45, 7) is 3.76. The van der Waals surface area contributed by atoms with Crippen LogP contribution in [0.2, 0.25) is 0 Å². The van der Waals surface area contributed by atoms with Gasteiger partial charge in [0.2, 0.25) is 0 Å². The number of Topliss-reactive ketones (excluding diaryl/α,β-unsaturated/α-hetero) is 1. The Labute approximate surface area is 180 Å². The Kier molecular flexibility index (Phi) is 5.29. The molecule has 1 N–H and O–H groups in total. The zero-order chi connectivity index (χ0) is 22.1. The average Bonchev–Trinajstić information content (AvgIpc) is 3.06. The minimum atomic E-state index is -0.819. The van der Waals surface area contributed by atoms with Gasteiger partial charge in [0.1, 0.15) is 17.3 Å². The number of carbonyl (C=O) groups excluding carboxylic acids is 2. The van der Waals surface area contributed by atoms with Crippen LogP contribution in [0.5, 0.6) is 5.75 Å². The largest absolute Gasteiger partial charge is 0.507 e. The van der Waals surface area contributed by atoms with Crippen molar-refractivity contribution in [2.24, 2.45) is 0 Å². The molecular weight excluding hydrogens is 392 g/mol. The molecule has 0 saturated carbocycles. The molecule has 1 fully saturated rings. The second-order valence-corrected chi connectivity index (χ2v) is 7.45. The second-order valence-electron chi connectivity index (χ2n) is 7.45. The van der Waals surface area contributed by atoms with Gasteiger partial charge in [0.15, 0.2) is 0 Å². The summed E-state index contributed by atoms with van der Waals surface area (Å²) in [7, 11) is 1.56. The maximum Gasteiger partial charge on any atom is 0.301 e. The number of aliphatic hydroxyl groups is 1. The minimum Gasteiger partial charge on any atom is -0.507 e. The van der Waals surface area contributed by atoms with Gasteiger partial charge in [0.05, 0.1) is 18.7 Å². The van der Waals surface area contributed by atoms with E-state index in [-0.39, 0.29) is 11.3 Å². The van der Waals surface area contributed by atoms with Crippen molar-refractivity contribution in [3.63, 3.8) is 0 Å². The molecule has 1 saturated heterocycles. The highest BCUT2D eigenvalue weighted by Gasteiger charge is 2.47. The molecule has 31 heavy (non-hydrogen) atoms. The zero-order valence-electron chi connectivity index (χ0n) is 17.5. The number of methoxy groups -OCH3 is 1. The number of aromatic nitrogens is 1. The van der Waals surface area contributed by atoms with Crippen molar-refractivity contribution in [1.82, 2.24) is 4.98 Å². The van der Waals surface area contributed by atoms with Crippen LogP contribution in [0.4, 0.5) is 5.82 Å². The lowest BCUT2D eigenvalue weighted by Gasteiger charge is -2.24. The van der Waals surface area contributed by atoms with E-state index in [0.717, 1.165) is 11.1 Å². The van der Waals surface area contributed by atoms with Gasteiger partial charge in [-0.3, -0.25) is 14.5 Å². The van der Waals surface area contributed by atoms with Gasteiger partial charge in [0, 0.05) is 11.8 Å². The van der Waals surface area contributed by atoms with Crippen molar-refractivity contribution in [2.45, 2.75) is 19.9 Å². The summed E-state index contributed by atoms with van der Waals surface area (Å²) in [5.74, 6) is -0.687. The maximum atomic E-state index is 13.1. The molecule has 0 aliphatic carbocycles. The first-order chi connectivity index (χ1) is 14.9. The summed E-state index contributed by atoms with van der Waals surface area (Å²) in [5.41, 5.74) is 2.97. The Balaban J connectivity index is 1.96. The molecule has 1 atom stereocenters. The monoisotopic (exact) mass is 414 g/mol. The van der Waals surface area contributed by atoms with Crippen LogP contribution in [0.15, 0.2) is 72.4 Å². The zero-order valence-corrected chi connectivity index (χ0v) is 17.5. The number of rotatable bonds is 4. The highest BCUT2D eigenvalue weighted by molar-refractivity contribution is 6.51. The van der Waals surface area contributed by atoms with Crippen LogP contribution < -0.4 is 9.64 Å². The van der Waals surface area contributed by atoms with E-state index in [9.17, 15) is 14.7 Å². The predicted molar refractivity (Wildman–Crippen MR) is 118 cm³/mol. The molecule has 2 heterocycles. The van der Waals surface area contributed by atoms with E-state index in [4.69, 9.17) is 4.74 Å². The van der Waals surface area contributed by atoms with Gasteiger partial charge in [-0.05, 0) is 55.3 Å². The number of benzene rings is 2. The number of nitrogens with zero attached hydrogens (tertiary/aromatic N) is 2. The van der Waals surface area contributed by atoms with Crippen molar-refractivity contribution in [2.75, 3.05) is 12.0 Å². The second kappa shape index (κ2) is 8.07. The number of hydrogen-bond donors (Lipinski definition) is 1. The lowest BCUT2D eigenvalue weighted by Crippen LogP contribution is -2.30. The van der Waals surface area contributed by atoms with Crippen LogP contribution >= 0.6 is 0 Å². The summed E-state index contributed by atoms with van der Waals surface area (Å²) < 4.78 is 5.24. The van der Waals surface area contributed by atoms with Crippen molar-refractivity contribution in [3.05, 3.63) is 94.7 Å². The number of amides is 1. The van der Waals surface area contributed by atoms with Gasteiger partial charge in [-0.2, -0.15) is 0 Å². The van der Waals surface area contributed by atoms with E-state index in [1.807, 2.05) is 32.0 Å². The third-order valence-electron chi connectivity index (χ3n) is 5.42. The standard InChI is InChI=1S/C25H22N2O4/c1-15-7-8-16(2)19(14-15)23(28)21-22(17-9-11-18(31-3)12-10-17)27(25(30)24(21)29)20-6-4-5-13-26-20/h4-14,22,28H,1-3H3/b23-21+. The Morgan fingerprint density at radius 1 is 1.03 bits per heavy atom. The molecule has 0 radical (unpaired) electrons. The van der Waals surface area contributed by atoms with E-state index >= 15 is 0 Å². The summed E-state index contributed by atoms with van der Waals surface area (Å²) >= 11 is 0. The molecule has 0 bridgehead atoms. The Morgan fingerprint density at radius 3 is 2.42 bits per heavy atom. The Bertz CT molecular complexity index is 1180. The number of ether oxygens (including phenoxy) is 1. The lowest BCUT2D eigenvalue weighted by molar-refractivity contribution is -0.132. The van der Waals surface area contributed by atoms with Crippen LogP contribution in [0.1, 0.15) is 28.3 Å². The molecular formula is C25H22N2O4. The van der Waals surface area contributed by atoms with Crippen molar-refractivity contribution < 1.29 is 19.4 Å². The lowest BCUT2D eigenvalue weighted by atomic mass is 9.93. The van der Waals surface area contributed by atoms with E-state index < -0.39 is 17.7 Å². The van der Waals surface area contributed by atoms with Gasteiger partial charge in [0.25, 0.3) is 5.78 Å². The number of ketones is 1. The number of hydrogen-bond acceptors (Lipinski definition) is 5. The molecule has 156 valence electrons. The van der Waals surface area contributed by atoms with Crippen molar-refractivity contribution in [1.29, 1.82) is 0 Å². The van der Waals surface area contributed by atoms with Crippen LogP contribution in [0.3, 0.4) is 0 Å². The molecule has 1 unspecified atom stereocenters. The summed E-state index contributed by atoms with van der Waals surface area (Å²) in [6.07, 6.45) is 1.56. The van der Waals surface area contributed by atoms with Crippen LogP contribution in [-0.4, -0.2) is 28.9 Å². The van der Waals surface area contributed by atoms with Crippen LogP contribution in [-0.2, 0) is 9.59 Å². The number of pyridine rings is 1. The SMILES string of the molecule is COc1ccc(C2/C(=C(\O)c3cc(C)ccc3C)C(=O)C(=O)N2c2ccccn2)cc1. The fraction of sp³-hybridized carbons (Fsp3) is 0.160. The molecule has 2 aromatic carbocycles. The van der Waals surface area contributed by atoms with Crippen molar-refractivity contribution >= 4 is 23.3 Å². The number of aliphatic hydroxyl groups excluding tert-OH is 1. The van der Waals surface area contributed by atoms with Crippen LogP contribution in [0, 0.1) is 13.8 Å². The molecule has 1 aliphatic rings. The fourth-order valence-electron chi connectivity index (χ4n) is 3.80. The molecule has 4 rings (SSSR count). The average molecular weight is 414 g/mol. The first-order valence-electron chi connectivity index (χ1n) is 9.86. The van der Waals surface area contributed by atoms with Crippen molar-refractivity contribution in [3.8, 4) is 5.75 Å². The molecule has 0 spiro atoms. The predicted octanol–water partition coefficient (Wildman–Crippen LogP) is 4.33. The van der Waals surface area contributed by atoms with Gasteiger partial charge in [-0.25, -0.2) is 4.98 Å². The van der Waals surface area contributed by atoms with Gasteiger partial charge < -0.3 is 9.84 Å². The van der Waals surface area contributed by atoms with E-state index in [1.54, 1.807) is 55.8 Å². The van der Waals surface area contributed by atoms with Gasteiger partial charge in [-0.15, -0.1) is 0 Å². The first-order valence-corrected chi connectivity index (χ1v) is 9.86. The summed E-state index contributed by atoms with van der Waals surface area (Å²) in [4.78, 5) is 31.8. The number of anilines is 1. The third-order valence-corrected chi connectivity index (χ3v) is 5.42. The molecule has 1 amide bonds. The maximum absolute atomic E-state index is 13.1. The van der Waals surface area contributed by atoms with Gasteiger partial charge in [-0.1, -0.05) is 35.9 Å². The smallest absolute Gasteiger partial charge is 0.301 e. The Morgan fingerprint density at radius 2 is 1.77 bits per heavy atom. The molecule has 1 aliphatic heterocycles. The highest BCUT2D eigenvalue weighted by Crippen LogP contribution is 2.42. The number of carbonyl (C=O) groups is 2. The summed E-state index contributed by atoms with van der Waals surface area (Å²) in [6, 6.07) is 17.0. The highest BCUT2D eigenvalue weighted by atomic mass is 16.5. The summed E-state index contributed by atoms with van der Waals surface area (Å²) in [5, 5.41) is 11.2. The number of aryl methyl sites for hydroxylation is 2. The molecule has 6 heteroatoms. The first kappa shape index (κ1) is 20.3. The molecule has 3 aromatic rings. The van der Waals surface area contributed by atoms with E-state index in [2.05, 4.69) is 4.98 Å². The topological polar surface area (TPSA) is 79.7 Å². The van der Waals surface area contributed by atoms with E-state index in [1.165, 1.54) is 4.90 Å². The Hall–Kier alpha value is -3.93. The third kappa shape index (κ3) is 3.57. The normalized spacial score (nSPS) is 17.8. The van der Waals surface area contributed by atoms with Gasteiger partial charge >= 0.3 is 5.91 Å². The van der Waals surface area contributed by atoms with E-state index in [0.29, 0.717) is 22.7 Å². The quantitative estimate of drug-likeness (QED) is 0.390. The molecule has 1 aromatic heterocycles. The fourth-order valence-corrected chi connectivity index (χ4v) is 3.80. The minimum absolute atomic E-state index is 0.0366. The van der Waals surface area contributed by atoms with Crippen LogP contribution in [0.25, 0.3) is 5.76 Å².